The van der Waals surface area contributed by atoms with Crippen LogP contribution in [0.15, 0.2) is 12.1 Å². The molecule has 12 heavy (non-hydrogen) atoms. The van der Waals surface area contributed by atoms with Gasteiger partial charge in [-0.1, -0.05) is 6.07 Å². The quantitative estimate of drug-likeness (QED) is 0.685. The highest BCUT2D eigenvalue weighted by atomic mass is 16.3. The van der Waals surface area contributed by atoms with Gasteiger partial charge in [0, 0.05) is 0 Å². The van der Waals surface area contributed by atoms with Crippen molar-refractivity contribution < 1.29 is 5.11 Å². The van der Waals surface area contributed by atoms with Crippen molar-refractivity contribution in [2.24, 2.45) is 0 Å². The van der Waals surface area contributed by atoms with Crippen LogP contribution in [0, 0.1) is 25.2 Å². The molecule has 0 fully saturated rings. The second-order valence-corrected chi connectivity index (χ2v) is 2.84. The third kappa shape index (κ3) is 1.40. The zero-order valence-electron chi connectivity index (χ0n) is 7.26. The standard InChI is InChI=1S/C10H11NO/c1-7-3-4-10(12)8(2)9(7)5-6-11/h3-4,12H,5H2,1-2H3. The minimum atomic E-state index is 0.269. The average Bonchev–Trinajstić information content (AvgIpc) is 2.06. The summed E-state index contributed by atoms with van der Waals surface area (Å²) < 4.78 is 0. The number of phenolic OH excluding ortho intramolecular Hbond substituents is 1. The van der Waals surface area contributed by atoms with E-state index >= 15 is 0 Å². The molecule has 2 nitrogen and oxygen atoms in total. The Morgan fingerprint density at radius 2 is 2.08 bits per heavy atom. The van der Waals surface area contributed by atoms with E-state index in [0.29, 0.717) is 6.42 Å². The molecular weight excluding hydrogens is 150 g/mol. The van der Waals surface area contributed by atoms with E-state index in [1.165, 1.54) is 0 Å². The molecule has 1 aromatic rings. The van der Waals surface area contributed by atoms with Gasteiger partial charge in [-0.05, 0) is 36.6 Å². The highest BCUT2D eigenvalue weighted by molar-refractivity contribution is 5.44. The van der Waals surface area contributed by atoms with Crippen LogP contribution in [-0.4, -0.2) is 5.11 Å². The van der Waals surface area contributed by atoms with Crippen molar-refractivity contribution >= 4 is 0 Å². The largest absolute Gasteiger partial charge is 0.508 e. The second-order valence-electron chi connectivity index (χ2n) is 2.84. The van der Waals surface area contributed by atoms with Crippen molar-refractivity contribution in [1.82, 2.24) is 0 Å². The van der Waals surface area contributed by atoms with E-state index in [0.717, 1.165) is 16.7 Å². The molecule has 0 aliphatic carbocycles. The van der Waals surface area contributed by atoms with Crippen LogP contribution >= 0.6 is 0 Å². The molecule has 0 saturated carbocycles. The zero-order valence-corrected chi connectivity index (χ0v) is 7.26. The number of rotatable bonds is 1. The van der Waals surface area contributed by atoms with Gasteiger partial charge in [-0.2, -0.15) is 5.26 Å². The van der Waals surface area contributed by atoms with Crippen LogP contribution in [0.1, 0.15) is 16.7 Å². The number of hydrogen-bond donors (Lipinski definition) is 1. The smallest absolute Gasteiger partial charge is 0.118 e. The lowest BCUT2D eigenvalue weighted by Crippen LogP contribution is -1.92. The summed E-state index contributed by atoms with van der Waals surface area (Å²) in [6.45, 7) is 3.77. The summed E-state index contributed by atoms with van der Waals surface area (Å²) in [4.78, 5) is 0. The first-order chi connectivity index (χ1) is 5.66. The summed E-state index contributed by atoms with van der Waals surface area (Å²) >= 11 is 0. The van der Waals surface area contributed by atoms with Gasteiger partial charge in [0.1, 0.15) is 5.75 Å². The lowest BCUT2D eigenvalue weighted by atomic mass is 10.00. The highest BCUT2D eigenvalue weighted by Gasteiger charge is 2.05. The van der Waals surface area contributed by atoms with Crippen LogP contribution in [0.4, 0.5) is 0 Å². The van der Waals surface area contributed by atoms with Crippen molar-refractivity contribution in [1.29, 1.82) is 5.26 Å². The number of nitriles is 1. The maximum Gasteiger partial charge on any atom is 0.118 e. The molecule has 0 bridgehead atoms. The van der Waals surface area contributed by atoms with E-state index in [1.54, 1.807) is 6.07 Å². The number of hydrogen-bond acceptors (Lipinski definition) is 2. The molecule has 0 unspecified atom stereocenters. The summed E-state index contributed by atoms with van der Waals surface area (Å²) in [5.41, 5.74) is 2.82. The van der Waals surface area contributed by atoms with Crippen molar-refractivity contribution in [3.05, 3.63) is 28.8 Å². The minimum Gasteiger partial charge on any atom is -0.508 e. The Morgan fingerprint density at radius 3 is 2.67 bits per heavy atom. The molecule has 0 aliphatic rings. The molecule has 0 saturated heterocycles. The summed E-state index contributed by atoms with van der Waals surface area (Å²) in [7, 11) is 0. The zero-order chi connectivity index (χ0) is 9.14. The molecule has 1 N–H and O–H groups in total. The fourth-order valence-electron chi connectivity index (χ4n) is 1.23. The molecule has 0 atom stereocenters. The molecular formula is C10H11NO. The van der Waals surface area contributed by atoms with Crippen molar-refractivity contribution in [2.45, 2.75) is 20.3 Å². The van der Waals surface area contributed by atoms with Gasteiger partial charge in [-0.25, -0.2) is 0 Å². The van der Waals surface area contributed by atoms with Crippen LogP contribution in [0.25, 0.3) is 0 Å². The third-order valence-corrected chi connectivity index (χ3v) is 2.06. The van der Waals surface area contributed by atoms with Crippen LogP contribution in [-0.2, 0) is 6.42 Å². The summed E-state index contributed by atoms with van der Waals surface area (Å²) in [5, 5.41) is 17.9. The van der Waals surface area contributed by atoms with Crippen molar-refractivity contribution in [3.63, 3.8) is 0 Å². The Balaban J connectivity index is 3.25. The molecule has 0 aromatic heterocycles. The van der Waals surface area contributed by atoms with E-state index in [-0.39, 0.29) is 5.75 Å². The highest BCUT2D eigenvalue weighted by Crippen LogP contribution is 2.23. The third-order valence-electron chi connectivity index (χ3n) is 2.06. The van der Waals surface area contributed by atoms with E-state index in [1.807, 2.05) is 19.9 Å². The van der Waals surface area contributed by atoms with E-state index in [9.17, 15) is 5.11 Å². The number of aromatic hydroxyl groups is 1. The SMILES string of the molecule is Cc1ccc(O)c(C)c1CC#N. The maximum atomic E-state index is 9.34. The van der Waals surface area contributed by atoms with E-state index in [4.69, 9.17) is 5.26 Å². The topological polar surface area (TPSA) is 44.0 Å². The number of aryl methyl sites for hydroxylation is 1. The van der Waals surface area contributed by atoms with Gasteiger partial charge in [-0.3, -0.25) is 0 Å². The number of nitrogens with zero attached hydrogens (tertiary/aromatic N) is 1. The molecule has 62 valence electrons. The van der Waals surface area contributed by atoms with Crippen LogP contribution in [0.2, 0.25) is 0 Å². The summed E-state index contributed by atoms with van der Waals surface area (Å²) in [6.07, 6.45) is 0.367. The normalized spacial score (nSPS) is 9.42. The monoisotopic (exact) mass is 161 g/mol. The maximum absolute atomic E-state index is 9.34. The minimum absolute atomic E-state index is 0.269. The van der Waals surface area contributed by atoms with E-state index < -0.39 is 0 Å². The molecule has 0 spiro atoms. The lowest BCUT2D eigenvalue weighted by molar-refractivity contribution is 0.470. The molecule has 0 aliphatic heterocycles. The van der Waals surface area contributed by atoms with E-state index in [2.05, 4.69) is 6.07 Å². The van der Waals surface area contributed by atoms with Gasteiger partial charge < -0.3 is 5.11 Å². The van der Waals surface area contributed by atoms with Gasteiger partial charge in [-0.15, -0.1) is 0 Å². The Labute approximate surface area is 72.1 Å². The first-order valence-corrected chi connectivity index (χ1v) is 3.82. The molecule has 1 aromatic carbocycles. The first kappa shape index (κ1) is 8.61. The first-order valence-electron chi connectivity index (χ1n) is 3.82. The van der Waals surface area contributed by atoms with Gasteiger partial charge in [0.05, 0.1) is 12.5 Å². The van der Waals surface area contributed by atoms with Crippen molar-refractivity contribution in [2.75, 3.05) is 0 Å². The Morgan fingerprint density at radius 1 is 1.42 bits per heavy atom. The fraction of sp³-hybridized carbons (Fsp3) is 0.300. The molecule has 1 rings (SSSR count). The predicted molar refractivity (Wildman–Crippen MR) is 46.9 cm³/mol. The van der Waals surface area contributed by atoms with Gasteiger partial charge in [0.2, 0.25) is 0 Å². The summed E-state index contributed by atoms with van der Waals surface area (Å²) in [5.74, 6) is 0.269. The van der Waals surface area contributed by atoms with Crippen molar-refractivity contribution in [3.8, 4) is 11.8 Å². The Kier molecular flexibility index (Phi) is 2.35. The lowest BCUT2D eigenvalue weighted by Gasteiger charge is -2.07. The Bertz CT molecular complexity index is 336. The van der Waals surface area contributed by atoms with Crippen LogP contribution in [0.3, 0.4) is 0 Å². The second kappa shape index (κ2) is 3.27. The van der Waals surface area contributed by atoms with Gasteiger partial charge >= 0.3 is 0 Å². The van der Waals surface area contributed by atoms with Crippen LogP contribution in [0.5, 0.6) is 5.75 Å². The molecule has 2 heteroatoms. The Hall–Kier alpha value is -1.49. The molecule has 0 heterocycles. The number of phenols is 1. The molecule has 0 amide bonds. The average molecular weight is 161 g/mol. The molecule has 0 radical (unpaired) electrons. The van der Waals surface area contributed by atoms with Gasteiger partial charge in [0.25, 0.3) is 0 Å². The summed E-state index contributed by atoms with van der Waals surface area (Å²) in [6, 6.07) is 5.57. The fourth-order valence-corrected chi connectivity index (χ4v) is 1.23. The van der Waals surface area contributed by atoms with Gasteiger partial charge in [0.15, 0.2) is 0 Å². The van der Waals surface area contributed by atoms with Crippen LogP contribution < -0.4 is 0 Å². The number of benzene rings is 1. The predicted octanol–water partition coefficient (Wildman–Crippen LogP) is 2.08.